The highest BCUT2D eigenvalue weighted by Gasteiger charge is 2.33. The van der Waals surface area contributed by atoms with E-state index in [1.165, 1.54) is 4.88 Å². The van der Waals surface area contributed by atoms with Crippen LogP contribution in [0.5, 0.6) is 0 Å². The Hall–Kier alpha value is -2.99. The number of likely N-dealkylation sites (tertiary alicyclic amines) is 1. The van der Waals surface area contributed by atoms with E-state index in [1.54, 1.807) is 11.3 Å². The lowest BCUT2D eigenvalue weighted by atomic mass is 10.0. The Labute approximate surface area is 166 Å². The van der Waals surface area contributed by atoms with Crippen molar-refractivity contribution < 1.29 is 9.32 Å². The standard InChI is InChI=1S/C22H19N3O2S/c1-14-20-16(22(26)25-11-5-9-18(25)19-10-6-12-28-19)13-17(23-21(20)27-24-14)15-7-3-2-4-8-15/h2-4,6-8,10,12-13,18H,5,9,11H2,1H3/t18-/m0/s1. The molecule has 28 heavy (non-hydrogen) atoms. The van der Waals surface area contributed by atoms with Crippen molar-refractivity contribution >= 4 is 28.3 Å². The van der Waals surface area contributed by atoms with Crippen LogP contribution in [0.4, 0.5) is 0 Å². The molecule has 140 valence electrons. The predicted molar refractivity (Wildman–Crippen MR) is 109 cm³/mol. The van der Waals surface area contributed by atoms with Gasteiger partial charge in [-0.1, -0.05) is 41.6 Å². The molecule has 0 aliphatic carbocycles. The van der Waals surface area contributed by atoms with Crippen LogP contribution in [0, 0.1) is 6.92 Å². The number of amides is 1. The molecular formula is C22H19N3O2S. The Morgan fingerprint density at radius 2 is 2.07 bits per heavy atom. The van der Waals surface area contributed by atoms with Crippen LogP contribution in [-0.2, 0) is 0 Å². The molecule has 0 bridgehead atoms. The summed E-state index contributed by atoms with van der Waals surface area (Å²) >= 11 is 1.71. The second kappa shape index (κ2) is 6.87. The number of carbonyl (C=O) groups excluding carboxylic acids is 1. The zero-order valence-corrected chi connectivity index (χ0v) is 16.3. The average molecular weight is 389 g/mol. The van der Waals surface area contributed by atoms with Crippen LogP contribution >= 0.6 is 11.3 Å². The quantitative estimate of drug-likeness (QED) is 0.481. The van der Waals surface area contributed by atoms with E-state index in [9.17, 15) is 4.79 Å². The Balaban J connectivity index is 1.63. The minimum atomic E-state index is 0.0202. The Bertz CT molecular complexity index is 1140. The Morgan fingerprint density at radius 1 is 1.21 bits per heavy atom. The van der Waals surface area contributed by atoms with E-state index in [-0.39, 0.29) is 11.9 Å². The predicted octanol–water partition coefficient (Wildman–Crippen LogP) is 5.24. The zero-order chi connectivity index (χ0) is 19.1. The smallest absolute Gasteiger partial charge is 0.259 e. The van der Waals surface area contributed by atoms with E-state index in [0.29, 0.717) is 22.4 Å². The lowest BCUT2D eigenvalue weighted by molar-refractivity contribution is 0.0739. The number of rotatable bonds is 3. The molecule has 1 aliphatic rings. The van der Waals surface area contributed by atoms with Gasteiger partial charge in [-0.25, -0.2) is 4.98 Å². The van der Waals surface area contributed by atoms with Crippen molar-refractivity contribution in [2.24, 2.45) is 0 Å². The molecule has 1 aromatic carbocycles. The molecule has 1 saturated heterocycles. The molecule has 4 heterocycles. The second-order valence-electron chi connectivity index (χ2n) is 7.04. The minimum Gasteiger partial charge on any atom is -0.335 e. The van der Waals surface area contributed by atoms with E-state index in [4.69, 9.17) is 4.52 Å². The molecule has 0 unspecified atom stereocenters. The van der Waals surface area contributed by atoms with Crippen LogP contribution in [0.3, 0.4) is 0 Å². The molecule has 0 saturated carbocycles. The SMILES string of the molecule is Cc1noc2nc(-c3ccccc3)cc(C(=O)N3CCC[C@H]3c3cccs3)c12. The maximum Gasteiger partial charge on any atom is 0.259 e. The normalized spacial score (nSPS) is 16.8. The number of benzene rings is 1. The van der Waals surface area contributed by atoms with E-state index in [2.05, 4.69) is 21.6 Å². The average Bonchev–Trinajstić information content (AvgIpc) is 3.48. The van der Waals surface area contributed by atoms with Crippen LogP contribution in [0.25, 0.3) is 22.4 Å². The number of pyridine rings is 1. The number of carbonyl (C=O) groups is 1. The number of hydrogen-bond donors (Lipinski definition) is 0. The highest BCUT2D eigenvalue weighted by molar-refractivity contribution is 7.10. The highest BCUT2D eigenvalue weighted by Crippen LogP contribution is 2.37. The summed E-state index contributed by atoms with van der Waals surface area (Å²) in [6, 6.07) is 16.0. The van der Waals surface area contributed by atoms with Crippen molar-refractivity contribution in [2.75, 3.05) is 6.54 Å². The number of aryl methyl sites for hydroxylation is 1. The molecule has 4 aromatic rings. The van der Waals surface area contributed by atoms with Gasteiger partial charge in [-0.05, 0) is 37.3 Å². The van der Waals surface area contributed by atoms with E-state index >= 15 is 0 Å². The molecule has 5 rings (SSSR count). The summed E-state index contributed by atoms with van der Waals surface area (Å²) in [5.74, 6) is 0.0202. The zero-order valence-electron chi connectivity index (χ0n) is 15.5. The minimum absolute atomic E-state index is 0.0202. The third-order valence-electron chi connectivity index (χ3n) is 5.30. The summed E-state index contributed by atoms with van der Waals surface area (Å²) in [6.45, 7) is 2.61. The topological polar surface area (TPSA) is 59.2 Å². The number of thiophene rings is 1. The van der Waals surface area contributed by atoms with Crippen molar-refractivity contribution in [1.82, 2.24) is 15.0 Å². The maximum atomic E-state index is 13.6. The first-order valence-corrected chi connectivity index (χ1v) is 10.3. The van der Waals surface area contributed by atoms with Gasteiger partial charge in [0.1, 0.15) is 0 Å². The van der Waals surface area contributed by atoms with Gasteiger partial charge in [0.25, 0.3) is 11.6 Å². The van der Waals surface area contributed by atoms with Crippen molar-refractivity contribution in [3.05, 3.63) is 70.0 Å². The van der Waals surface area contributed by atoms with Gasteiger partial charge in [-0.2, -0.15) is 0 Å². The number of nitrogens with zero attached hydrogens (tertiary/aromatic N) is 3. The molecule has 1 aliphatic heterocycles. The van der Waals surface area contributed by atoms with Crippen LogP contribution in [0.1, 0.15) is 39.8 Å². The van der Waals surface area contributed by atoms with E-state index in [1.807, 2.05) is 54.3 Å². The van der Waals surface area contributed by atoms with Gasteiger partial charge in [-0.15, -0.1) is 11.3 Å². The number of aromatic nitrogens is 2. The molecule has 5 nitrogen and oxygen atoms in total. The van der Waals surface area contributed by atoms with E-state index < -0.39 is 0 Å². The Kier molecular flexibility index (Phi) is 4.20. The van der Waals surface area contributed by atoms with E-state index in [0.717, 1.165) is 30.6 Å². The maximum absolute atomic E-state index is 13.6. The first-order chi connectivity index (χ1) is 13.7. The van der Waals surface area contributed by atoms with Gasteiger partial charge < -0.3 is 9.42 Å². The second-order valence-corrected chi connectivity index (χ2v) is 8.02. The fraction of sp³-hybridized carbons (Fsp3) is 0.227. The molecule has 1 fully saturated rings. The summed E-state index contributed by atoms with van der Waals surface area (Å²) in [6.07, 6.45) is 2.01. The van der Waals surface area contributed by atoms with Crippen molar-refractivity contribution in [3.63, 3.8) is 0 Å². The largest absolute Gasteiger partial charge is 0.335 e. The third-order valence-corrected chi connectivity index (χ3v) is 6.28. The molecule has 0 spiro atoms. The van der Waals surface area contributed by atoms with Gasteiger partial charge in [0.2, 0.25) is 0 Å². The summed E-state index contributed by atoms with van der Waals surface area (Å²) in [5.41, 5.74) is 3.39. The molecule has 0 N–H and O–H groups in total. The van der Waals surface area contributed by atoms with Gasteiger partial charge >= 0.3 is 0 Å². The summed E-state index contributed by atoms with van der Waals surface area (Å²) < 4.78 is 5.43. The number of fused-ring (bicyclic) bond motifs is 1. The van der Waals surface area contributed by atoms with Crippen LogP contribution < -0.4 is 0 Å². The van der Waals surface area contributed by atoms with Crippen molar-refractivity contribution in [1.29, 1.82) is 0 Å². The molecular weight excluding hydrogens is 370 g/mol. The lowest BCUT2D eigenvalue weighted by Crippen LogP contribution is -2.30. The number of hydrogen-bond acceptors (Lipinski definition) is 5. The fourth-order valence-corrected chi connectivity index (χ4v) is 4.83. The summed E-state index contributed by atoms with van der Waals surface area (Å²) in [4.78, 5) is 21.5. The van der Waals surface area contributed by atoms with Crippen molar-refractivity contribution in [2.45, 2.75) is 25.8 Å². The summed E-state index contributed by atoms with van der Waals surface area (Å²) in [7, 11) is 0. The van der Waals surface area contributed by atoms with Crippen LogP contribution in [0.2, 0.25) is 0 Å². The van der Waals surface area contributed by atoms with Gasteiger partial charge in [0.05, 0.1) is 28.4 Å². The Morgan fingerprint density at radius 3 is 2.86 bits per heavy atom. The molecule has 6 heteroatoms. The first kappa shape index (κ1) is 17.1. The van der Waals surface area contributed by atoms with Crippen LogP contribution in [0.15, 0.2) is 58.4 Å². The summed E-state index contributed by atoms with van der Waals surface area (Å²) in [5, 5.41) is 6.84. The highest BCUT2D eigenvalue weighted by atomic mass is 32.1. The lowest BCUT2D eigenvalue weighted by Gasteiger charge is -2.24. The molecule has 1 atom stereocenters. The monoisotopic (exact) mass is 389 g/mol. The van der Waals surface area contributed by atoms with Crippen LogP contribution in [-0.4, -0.2) is 27.5 Å². The van der Waals surface area contributed by atoms with Gasteiger partial charge in [0, 0.05) is 17.0 Å². The molecule has 0 radical (unpaired) electrons. The molecule has 1 amide bonds. The third kappa shape index (κ3) is 2.81. The van der Waals surface area contributed by atoms with Crippen molar-refractivity contribution in [3.8, 4) is 11.3 Å². The fourth-order valence-electron chi connectivity index (χ4n) is 3.96. The first-order valence-electron chi connectivity index (χ1n) is 9.39. The van der Waals surface area contributed by atoms with Gasteiger partial charge in [-0.3, -0.25) is 4.79 Å². The van der Waals surface area contributed by atoms with Gasteiger partial charge in [0.15, 0.2) is 0 Å². The molecule has 3 aromatic heterocycles.